The second-order valence-electron chi connectivity index (χ2n) is 3.68. The van der Waals surface area contributed by atoms with Gasteiger partial charge in [0.1, 0.15) is 0 Å². The standard InChI is InChI=1S/C8H11N3O4/c1-5-4-6(11(14)15)9-10(5)8(2,3)7(12)13/h4H,1-3H3,(H,12,13). The molecule has 0 fully saturated rings. The minimum Gasteiger partial charge on any atom is -0.479 e. The molecule has 1 rings (SSSR count). The monoisotopic (exact) mass is 213 g/mol. The van der Waals surface area contributed by atoms with E-state index in [4.69, 9.17) is 5.11 Å². The molecule has 0 aliphatic rings. The molecule has 15 heavy (non-hydrogen) atoms. The van der Waals surface area contributed by atoms with E-state index in [-0.39, 0.29) is 5.82 Å². The Bertz CT molecular complexity index is 422. The van der Waals surface area contributed by atoms with Gasteiger partial charge in [0.25, 0.3) is 0 Å². The second-order valence-corrected chi connectivity index (χ2v) is 3.68. The van der Waals surface area contributed by atoms with Gasteiger partial charge >= 0.3 is 11.8 Å². The quantitative estimate of drug-likeness (QED) is 0.594. The lowest BCUT2D eigenvalue weighted by atomic mass is 10.1. The van der Waals surface area contributed by atoms with Crippen LogP contribution in [0, 0.1) is 17.0 Å². The number of rotatable bonds is 3. The summed E-state index contributed by atoms with van der Waals surface area (Å²) < 4.78 is 1.13. The molecule has 0 aromatic carbocycles. The highest BCUT2D eigenvalue weighted by atomic mass is 16.6. The largest absolute Gasteiger partial charge is 0.479 e. The van der Waals surface area contributed by atoms with Gasteiger partial charge in [0.05, 0.1) is 16.9 Å². The lowest BCUT2D eigenvalue weighted by Crippen LogP contribution is -2.37. The van der Waals surface area contributed by atoms with Crippen molar-refractivity contribution in [2.75, 3.05) is 0 Å². The summed E-state index contributed by atoms with van der Waals surface area (Å²) in [5.41, 5.74) is -0.854. The first-order chi connectivity index (χ1) is 6.76. The molecule has 1 aromatic rings. The van der Waals surface area contributed by atoms with Crippen molar-refractivity contribution in [3.8, 4) is 0 Å². The third kappa shape index (κ3) is 1.80. The number of carboxylic acids is 1. The van der Waals surface area contributed by atoms with Crippen molar-refractivity contribution in [2.24, 2.45) is 0 Å². The first-order valence-corrected chi connectivity index (χ1v) is 4.21. The van der Waals surface area contributed by atoms with Crippen LogP contribution in [0.25, 0.3) is 0 Å². The number of hydrogen-bond donors (Lipinski definition) is 1. The van der Waals surface area contributed by atoms with Gasteiger partial charge in [-0.15, -0.1) is 0 Å². The lowest BCUT2D eigenvalue weighted by molar-refractivity contribution is -0.389. The fourth-order valence-corrected chi connectivity index (χ4v) is 1.20. The minimum atomic E-state index is -1.29. The summed E-state index contributed by atoms with van der Waals surface area (Å²) in [6.45, 7) is 4.43. The normalized spacial score (nSPS) is 11.4. The zero-order valence-corrected chi connectivity index (χ0v) is 8.59. The predicted molar refractivity (Wildman–Crippen MR) is 50.6 cm³/mol. The van der Waals surface area contributed by atoms with E-state index in [1.54, 1.807) is 6.92 Å². The second kappa shape index (κ2) is 3.34. The lowest BCUT2D eigenvalue weighted by Gasteiger charge is -2.17. The molecule has 7 nitrogen and oxygen atoms in total. The Labute approximate surface area is 85.5 Å². The Balaban J connectivity index is 3.27. The fourth-order valence-electron chi connectivity index (χ4n) is 1.20. The third-order valence-electron chi connectivity index (χ3n) is 2.11. The Morgan fingerprint density at radius 3 is 2.53 bits per heavy atom. The van der Waals surface area contributed by atoms with Gasteiger partial charge in [0, 0.05) is 0 Å². The van der Waals surface area contributed by atoms with E-state index in [1.165, 1.54) is 19.9 Å². The van der Waals surface area contributed by atoms with Gasteiger partial charge < -0.3 is 15.2 Å². The summed E-state index contributed by atoms with van der Waals surface area (Å²) in [6, 6.07) is 1.24. The maximum atomic E-state index is 10.9. The number of nitrogens with zero attached hydrogens (tertiary/aromatic N) is 3. The molecule has 0 aliphatic carbocycles. The summed E-state index contributed by atoms with van der Waals surface area (Å²) in [7, 11) is 0. The van der Waals surface area contributed by atoms with Crippen LogP contribution in [0.4, 0.5) is 5.82 Å². The van der Waals surface area contributed by atoms with Crippen LogP contribution in [0.3, 0.4) is 0 Å². The van der Waals surface area contributed by atoms with Crippen LogP contribution in [-0.4, -0.2) is 25.8 Å². The Morgan fingerprint density at radius 1 is 1.67 bits per heavy atom. The topological polar surface area (TPSA) is 98.3 Å². The zero-order chi connectivity index (χ0) is 11.8. The molecule has 0 saturated heterocycles. The van der Waals surface area contributed by atoms with Crippen LogP contribution in [-0.2, 0) is 10.3 Å². The van der Waals surface area contributed by atoms with E-state index in [0.29, 0.717) is 5.69 Å². The average Bonchev–Trinajstić information content (AvgIpc) is 2.47. The number of carbonyl (C=O) groups is 1. The van der Waals surface area contributed by atoms with Crippen molar-refractivity contribution in [2.45, 2.75) is 26.3 Å². The summed E-state index contributed by atoms with van der Waals surface area (Å²) in [5.74, 6) is -1.44. The van der Waals surface area contributed by atoms with Crippen LogP contribution < -0.4 is 0 Å². The van der Waals surface area contributed by atoms with Gasteiger partial charge in [-0.1, -0.05) is 0 Å². The van der Waals surface area contributed by atoms with Crippen molar-refractivity contribution in [3.05, 3.63) is 21.9 Å². The molecule has 1 heterocycles. The van der Waals surface area contributed by atoms with Crippen molar-refractivity contribution >= 4 is 11.8 Å². The van der Waals surface area contributed by atoms with Crippen LogP contribution in [0.5, 0.6) is 0 Å². The molecule has 0 spiro atoms. The molecule has 82 valence electrons. The van der Waals surface area contributed by atoms with E-state index in [1.807, 2.05) is 0 Å². The first-order valence-electron chi connectivity index (χ1n) is 4.21. The molecule has 7 heteroatoms. The number of aryl methyl sites for hydroxylation is 1. The number of nitro groups is 1. The van der Waals surface area contributed by atoms with Gasteiger partial charge in [-0.05, 0) is 25.7 Å². The van der Waals surface area contributed by atoms with Crippen LogP contribution in [0.15, 0.2) is 6.07 Å². The summed E-state index contributed by atoms with van der Waals surface area (Å²) in [5, 5.41) is 23.0. The van der Waals surface area contributed by atoms with Gasteiger partial charge in [-0.3, -0.25) is 0 Å². The fraction of sp³-hybridized carbons (Fsp3) is 0.500. The molecule has 1 aromatic heterocycles. The molecule has 0 radical (unpaired) electrons. The van der Waals surface area contributed by atoms with E-state index < -0.39 is 16.4 Å². The highest BCUT2D eigenvalue weighted by Gasteiger charge is 2.36. The van der Waals surface area contributed by atoms with E-state index in [0.717, 1.165) is 4.68 Å². The molecule has 1 N–H and O–H groups in total. The average molecular weight is 213 g/mol. The number of carboxylic acid groups (broad SMARTS) is 1. The SMILES string of the molecule is Cc1cc([N+](=O)[O-])nn1C(C)(C)C(=O)O. The van der Waals surface area contributed by atoms with Crippen molar-refractivity contribution in [1.82, 2.24) is 9.78 Å². The van der Waals surface area contributed by atoms with Crippen LogP contribution in [0.2, 0.25) is 0 Å². The molecular weight excluding hydrogens is 202 g/mol. The molecular formula is C8H11N3O4. The van der Waals surface area contributed by atoms with Gasteiger partial charge in [-0.25, -0.2) is 4.79 Å². The summed E-state index contributed by atoms with van der Waals surface area (Å²) >= 11 is 0. The van der Waals surface area contributed by atoms with E-state index in [9.17, 15) is 14.9 Å². The van der Waals surface area contributed by atoms with Crippen molar-refractivity contribution in [1.29, 1.82) is 0 Å². The summed E-state index contributed by atoms with van der Waals surface area (Å²) in [6.07, 6.45) is 0. The molecule has 0 amide bonds. The predicted octanol–water partition coefficient (Wildman–Crippen LogP) is 0.919. The van der Waals surface area contributed by atoms with Gasteiger partial charge in [0.2, 0.25) is 0 Å². The number of hydrogen-bond acceptors (Lipinski definition) is 4. The van der Waals surface area contributed by atoms with E-state index in [2.05, 4.69) is 5.10 Å². The Morgan fingerprint density at radius 2 is 2.20 bits per heavy atom. The van der Waals surface area contributed by atoms with Crippen molar-refractivity contribution in [3.63, 3.8) is 0 Å². The molecule has 0 saturated carbocycles. The molecule has 0 atom stereocenters. The van der Waals surface area contributed by atoms with Gasteiger partial charge in [0.15, 0.2) is 5.54 Å². The molecule has 0 aliphatic heterocycles. The molecule has 0 bridgehead atoms. The first kappa shape index (κ1) is 11.2. The number of aromatic nitrogens is 2. The Kier molecular flexibility index (Phi) is 2.48. The Hall–Kier alpha value is -1.92. The molecule has 0 unspecified atom stereocenters. The maximum Gasteiger partial charge on any atom is 0.390 e. The van der Waals surface area contributed by atoms with Gasteiger partial charge in [-0.2, -0.15) is 4.68 Å². The number of aliphatic carboxylic acids is 1. The third-order valence-corrected chi connectivity index (χ3v) is 2.11. The van der Waals surface area contributed by atoms with Crippen LogP contribution >= 0.6 is 0 Å². The van der Waals surface area contributed by atoms with Crippen LogP contribution in [0.1, 0.15) is 19.5 Å². The maximum absolute atomic E-state index is 10.9. The minimum absolute atomic E-state index is 0.346. The van der Waals surface area contributed by atoms with E-state index >= 15 is 0 Å². The summed E-state index contributed by atoms with van der Waals surface area (Å²) in [4.78, 5) is 20.7. The highest BCUT2D eigenvalue weighted by molar-refractivity contribution is 5.75. The highest BCUT2D eigenvalue weighted by Crippen LogP contribution is 2.20. The van der Waals surface area contributed by atoms with Crippen molar-refractivity contribution < 1.29 is 14.8 Å². The smallest absolute Gasteiger partial charge is 0.390 e. The zero-order valence-electron chi connectivity index (χ0n) is 8.59.